The average Bonchev–Trinajstić information content (AvgIpc) is 3.74. The normalized spacial score (nSPS) is 18.2. The first-order chi connectivity index (χ1) is 23.3. The second kappa shape index (κ2) is 13.3. The molecule has 9 nitrogen and oxygen atoms in total. The number of halogens is 2. The van der Waals surface area contributed by atoms with E-state index in [1.807, 2.05) is 41.5 Å². The summed E-state index contributed by atoms with van der Waals surface area (Å²) in [7, 11) is 0. The standard InChI is InChI=1S/C36H33F2N7O2S/c1-48-36(35(47)41-27-8-10-31-29(20-27)33(43-42-31)24-3-6-26(37)7-4-24)13-18-44(22-36)21-32(46)45-16-11-23(12-17-45)28-9-5-25(19-30(28)38)34-39-14-2-15-40-34/h2-11,14-15,19-20H,12-13,16-18,21-22H2,1H3,(H,41,47)(H,42,43)/t36-/m0/s1. The third-order valence-corrected chi connectivity index (χ3v) is 10.4. The molecule has 2 aliphatic heterocycles. The summed E-state index contributed by atoms with van der Waals surface area (Å²) in [6, 6.07) is 18.4. The summed E-state index contributed by atoms with van der Waals surface area (Å²) < 4.78 is 27.8. The number of thioether (sulfide) groups is 1. The topological polar surface area (TPSA) is 107 Å². The Labute approximate surface area is 280 Å². The summed E-state index contributed by atoms with van der Waals surface area (Å²) in [6.45, 7) is 2.16. The summed E-state index contributed by atoms with van der Waals surface area (Å²) in [4.78, 5) is 39.2. The maximum Gasteiger partial charge on any atom is 0.241 e. The number of aromatic nitrogens is 4. The van der Waals surface area contributed by atoms with Gasteiger partial charge in [0, 0.05) is 66.3 Å². The first kappa shape index (κ1) is 31.6. The lowest BCUT2D eigenvalue weighted by Crippen LogP contribution is -2.45. The Kier molecular flexibility index (Phi) is 8.76. The van der Waals surface area contributed by atoms with Crippen molar-refractivity contribution in [2.45, 2.75) is 17.6 Å². The van der Waals surface area contributed by atoms with Crippen LogP contribution in [0, 0.1) is 11.6 Å². The van der Waals surface area contributed by atoms with Crippen molar-refractivity contribution in [3.8, 4) is 22.6 Å². The fourth-order valence-corrected chi connectivity index (χ4v) is 7.24. The summed E-state index contributed by atoms with van der Waals surface area (Å²) in [5.41, 5.74) is 4.88. The third-order valence-electron chi connectivity index (χ3n) is 9.11. The van der Waals surface area contributed by atoms with Gasteiger partial charge in [0.2, 0.25) is 11.8 Å². The van der Waals surface area contributed by atoms with Gasteiger partial charge in [0.25, 0.3) is 0 Å². The second-order valence-corrected chi connectivity index (χ2v) is 13.2. The van der Waals surface area contributed by atoms with E-state index in [1.165, 1.54) is 30.0 Å². The number of nitrogens with zero attached hydrogens (tertiary/aromatic N) is 5. The number of anilines is 1. The van der Waals surface area contributed by atoms with E-state index < -0.39 is 4.75 Å². The molecule has 7 rings (SSSR count). The molecule has 12 heteroatoms. The quantitative estimate of drug-likeness (QED) is 0.209. The largest absolute Gasteiger partial charge is 0.338 e. The Bertz CT molecular complexity index is 2020. The molecule has 48 heavy (non-hydrogen) atoms. The minimum atomic E-state index is -0.713. The van der Waals surface area contributed by atoms with Crippen LogP contribution in [-0.4, -0.2) is 85.5 Å². The third kappa shape index (κ3) is 6.33. The number of carbonyl (C=O) groups is 2. The number of likely N-dealkylation sites (tertiary alicyclic amines) is 1. The van der Waals surface area contributed by atoms with Gasteiger partial charge in [-0.3, -0.25) is 19.6 Å². The highest BCUT2D eigenvalue weighted by Gasteiger charge is 2.44. The van der Waals surface area contributed by atoms with Gasteiger partial charge in [0.1, 0.15) is 16.4 Å². The molecular weight excluding hydrogens is 633 g/mol. The molecule has 0 unspecified atom stereocenters. The summed E-state index contributed by atoms with van der Waals surface area (Å²) in [5, 5.41) is 11.3. The molecule has 4 heterocycles. The minimum Gasteiger partial charge on any atom is -0.338 e. The van der Waals surface area contributed by atoms with Gasteiger partial charge < -0.3 is 10.2 Å². The van der Waals surface area contributed by atoms with Crippen molar-refractivity contribution < 1.29 is 18.4 Å². The number of hydrogen-bond acceptors (Lipinski definition) is 7. The van der Waals surface area contributed by atoms with Crippen molar-refractivity contribution in [2.24, 2.45) is 0 Å². The van der Waals surface area contributed by atoms with E-state index in [9.17, 15) is 14.0 Å². The monoisotopic (exact) mass is 665 g/mol. The summed E-state index contributed by atoms with van der Waals surface area (Å²) in [5.74, 6) is -0.327. The van der Waals surface area contributed by atoms with Gasteiger partial charge in [-0.15, -0.1) is 11.8 Å². The molecule has 2 N–H and O–H groups in total. The van der Waals surface area contributed by atoms with Gasteiger partial charge in [-0.25, -0.2) is 18.7 Å². The lowest BCUT2D eigenvalue weighted by molar-refractivity contribution is -0.132. The Morgan fingerprint density at radius 3 is 2.52 bits per heavy atom. The molecule has 3 aromatic carbocycles. The molecule has 5 aromatic rings. The number of fused-ring (bicyclic) bond motifs is 1. The highest BCUT2D eigenvalue weighted by molar-refractivity contribution is 8.00. The van der Waals surface area contributed by atoms with Crippen molar-refractivity contribution in [2.75, 3.05) is 44.3 Å². The zero-order valence-corrected chi connectivity index (χ0v) is 27.1. The minimum absolute atomic E-state index is 0.0154. The van der Waals surface area contributed by atoms with Crippen LogP contribution in [0.2, 0.25) is 0 Å². The number of rotatable bonds is 8. The number of carbonyl (C=O) groups excluding carboxylic acids is 2. The summed E-state index contributed by atoms with van der Waals surface area (Å²) in [6.07, 6.45) is 8.24. The van der Waals surface area contributed by atoms with Gasteiger partial charge in [0.15, 0.2) is 5.82 Å². The van der Waals surface area contributed by atoms with Crippen molar-refractivity contribution in [1.82, 2.24) is 30.0 Å². The lowest BCUT2D eigenvalue weighted by atomic mass is 9.97. The van der Waals surface area contributed by atoms with Crippen molar-refractivity contribution >= 4 is 45.7 Å². The summed E-state index contributed by atoms with van der Waals surface area (Å²) >= 11 is 1.49. The van der Waals surface area contributed by atoms with Gasteiger partial charge in [-0.1, -0.05) is 18.2 Å². The Hall–Kier alpha value is -4.94. The fraction of sp³-hybridized carbons (Fsp3) is 0.250. The molecule has 1 fully saturated rings. The van der Waals surface area contributed by atoms with Crippen molar-refractivity contribution in [1.29, 1.82) is 0 Å². The molecule has 0 saturated carbocycles. The maximum atomic E-state index is 15.1. The Balaban J connectivity index is 0.970. The molecule has 0 bridgehead atoms. The molecule has 0 spiro atoms. The molecule has 0 radical (unpaired) electrons. The van der Waals surface area contributed by atoms with Crippen molar-refractivity contribution in [3.63, 3.8) is 0 Å². The molecule has 2 aromatic heterocycles. The van der Waals surface area contributed by atoms with Crippen LogP contribution in [0.1, 0.15) is 18.4 Å². The van der Waals surface area contributed by atoms with Crippen molar-refractivity contribution in [3.05, 3.63) is 102 Å². The number of nitrogens with one attached hydrogen (secondary N) is 2. The molecule has 0 aliphatic carbocycles. The van der Waals surface area contributed by atoms with E-state index in [4.69, 9.17) is 0 Å². The van der Waals surface area contributed by atoms with E-state index in [-0.39, 0.29) is 30.0 Å². The predicted molar refractivity (Wildman–Crippen MR) is 184 cm³/mol. The number of amides is 2. The Morgan fingerprint density at radius 1 is 1.00 bits per heavy atom. The first-order valence-electron chi connectivity index (χ1n) is 15.7. The van der Waals surface area contributed by atoms with Gasteiger partial charge >= 0.3 is 0 Å². The lowest BCUT2D eigenvalue weighted by Gasteiger charge is -2.29. The Morgan fingerprint density at radius 2 is 1.79 bits per heavy atom. The SMILES string of the molecule is CS[C@@]1(C(=O)Nc2ccc3[nH]nc(-c4ccc(F)cc4)c3c2)CCN(CC(=O)N2CC=C(c3ccc(-c4ncccn4)cc3F)CC2)C1. The van der Waals surface area contributed by atoms with Crippen LogP contribution in [-0.2, 0) is 9.59 Å². The van der Waals surface area contributed by atoms with E-state index in [1.54, 1.807) is 41.6 Å². The number of hydrogen-bond donors (Lipinski definition) is 2. The van der Waals surface area contributed by atoms with E-state index in [0.29, 0.717) is 67.4 Å². The number of aromatic amines is 1. The van der Waals surface area contributed by atoms with Crippen LogP contribution in [0.3, 0.4) is 0 Å². The van der Waals surface area contributed by atoms with E-state index >= 15 is 4.39 Å². The molecule has 2 amide bonds. The van der Waals surface area contributed by atoms with E-state index in [2.05, 4.69) is 25.5 Å². The maximum absolute atomic E-state index is 15.1. The van der Waals surface area contributed by atoms with Crippen LogP contribution in [0.15, 0.2) is 85.2 Å². The average molecular weight is 666 g/mol. The number of benzene rings is 3. The highest BCUT2D eigenvalue weighted by atomic mass is 32.2. The second-order valence-electron chi connectivity index (χ2n) is 12.0. The van der Waals surface area contributed by atoms with E-state index in [0.717, 1.165) is 22.0 Å². The van der Waals surface area contributed by atoms with Gasteiger partial charge in [-0.05, 0) is 79.3 Å². The van der Waals surface area contributed by atoms with Gasteiger partial charge in [-0.2, -0.15) is 5.10 Å². The molecular formula is C36H33F2N7O2S. The van der Waals surface area contributed by atoms with Crippen LogP contribution in [0.5, 0.6) is 0 Å². The van der Waals surface area contributed by atoms with Crippen LogP contribution >= 0.6 is 11.8 Å². The number of H-pyrrole nitrogens is 1. The molecule has 244 valence electrons. The highest BCUT2D eigenvalue weighted by Crippen LogP contribution is 2.36. The first-order valence-corrected chi connectivity index (χ1v) is 16.9. The molecule has 2 aliphatic rings. The fourth-order valence-electron chi connectivity index (χ4n) is 6.40. The smallest absolute Gasteiger partial charge is 0.241 e. The molecule has 1 atom stereocenters. The van der Waals surface area contributed by atoms with Crippen LogP contribution in [0.4, 0.5) is 14.5 Å². The zero-order chi connectivity index (χ0) is 33.3. The molecule has 1 saturated heterocycles. The predicted octanol–water partition coefficient (Wildman–Crippen LogP) is 6.03. The van der Waals surface area contributed by atoms with Gasteiger partial charge in [0.05, 0.1) is 17.8 Å². The zero-order valence-electron chi connectivity index (χ0n) is 26.2. The van der Waals surface area contributed by atoms with Crippen LogP contribution < -0.4 is 5.32 Å². The van der Waals surface area contributed by atoms with Crippen LogP contribution in [0.25, 0.3) is 39.1 Å².